The predicted octanol–water partition coefficient (Wildman–Crippen LogP) is 3.32. The van der Waals surface area contributed by atoms with Crippen molar-refractivity contribution in [3.05, 3.63) is 64.1 Å². The lowest BCUT2D eigenvalue weighted by Crippen LogP contribution is -2.42. The van der Waals surface area contributed by atoms with Crippen molar-refractivity contribution in [2.24, 2.45) is 5.41 Å². The van der Waals surface area contributed by atoms with Gasteiger partial charge in [-0.1, -0.05) is 26.8 Å². The Morgan fingerprint density at radius 3 is 2.59 bits per heavy atom. The third-order valence-electron chi connectivity index (χ3n) is 6.70. The van der Waals surface area contributed by atoms with Gasteiger partial charge in [-0.3, -0.25) is 9.59 Å². The highest BCUT2D eigenvalue weighted by Crippen LogP contribution is 2.35. The fraction of sp³-hybridized carbons (Fsp3) is 0.400. The van der Waals surface area contributed by atoms with E-state index in [9.17, 15) is 19.5 Å². The van der Waals surface area contributed by atoms with E-state index in [1.54, 1.807) is 25.1 Å². The van der Waals surface area contributed by atoms with Crippen LogP contribution in [0.4, 0.5) is 0 Å². The molecule has 9 nitrogen and oxygen atoms in total. The number of amides is 2. The summed E-state index contributed by atoms with van der Waals surface area (Å²) < 4.78 is 1.41. The first-order valence-electron chi connectivity index (χ1n) is 11.3. The molecule has 0 unspecified atom stereocenters. The summed E-state index contributed by atoms with van der Waals surface area (Å²) in [5.74, 6) is -1.70. The van der Waals surface area contributed by atoms with Crippen molar-refractivity contribution >= 4 is 23.4 Å². The molecule has 0 spiro atoms. The number of carboxylic acids is 1. The maximum absolute atomic E-state index is 13.3. The number of fused-ring (bicyclic) bond motifs is 2. The lowest BCUT2D eigenvalue weighted by atomic mass is 9.88. The van der Waals surface area contributed by atoms with E-state index in [0.29, 0.717) is 18.5 Å². The summed E-state index contributed by atoms with van der Waals surface area (Å²) in [5, 5.41) is 19.6. The van der Waals surface area contributed by atoms with E-state index < -0.39 is 5.97 Å². The molecular weight excluding hydrogens is 434 g/mol. The van der Waals surface area contributed by atoms with Crippen LogP contribution in [0.2, 0.25) is 0 Å². The molecule has 0 radical (unpaired) electrons. The van der Waals surface area contributed by atoms with E-state index >= 15 is 0 Å². The summed E-state index contributed by atoms with van der Waals surface area (Å²) in [6.07, 6.45) is 2.87. The Labute approximate surface area is 197 Å². The second kappa shape index (κ2) is 8.55. The number of rotatable bonds is 5. The van der Waals surface area contributed by atoms with E-state index in [-0.39, 0.29) is 46.3 Å². The largest absolute Gasteiger partial charge is 0.478 e. The Balaban J connectivity index is 1.62. The van der Waals surface area contributed by atoms with Crippen LogP contribution in [0, 0.1) is 12.3 Å². The average Bonchev–Trinajstić information content (AvgIpc) is 3.39. The number of aromatic carboxylic acids is 1. The summed E-state index contributed by atoms with van der Waals surface area (Å²) >= 11 is 0. The van der Waals surface area contributed by atoms with Crippen LogP contribution in [0.25, 0.3) is 5.65 Å². The van der Waals surface area contributed by atoms with Gasteiger partial charge in [0.05, 0.1) is 17.8 Å². The average molecular weight is 464 g/mol. The first kappa shape index (κ1) is 23.4. The Bertz CT molecular complexity index is 1300. The smallest absolute Gasteiger partial charge is 0.335 e. The first-order valence-corrected chi connectivity index (χ1v) is 11.3. The number of aromatic nitrogens is 3. The standard InChI is InChI=1S/C25H29N5O4/c1-13-15-8-9-18(17(15)7-6-16(13)24(33)34)29-23(32)20-12-19(28-21-10-11-26-30(20)21)22(31)27-14(2)25(3,4)5/h6-7,10-12,14,18H,8-9H2,1-5H3,(H,27,31)(H,29,32)(H,33,34)/t14-,18-/m0/s1. The molecule has 0 saturated heterocycles. The number of carboxylic acid groups (broad SMARTS) is 1. The molecule has 2 heterocycles. The SMILES string of the molecule is Cc1c(C(=O)O)ccc2c1CC[C@@H]2NC(=O)c1cc(C(=O)N[C@@H](C)C(C)(C)C)nc2ccnn12. The van der Waals surface area contributed by atoms with Crippen molar-refractivity contribution in [3.63, 3.8) is 0 Å². The van der Waals surface area contributed by atoms with Crippen LogP contribution < -0.4 is 10.6 Å². The van der Waals surface area contributed by atoms with Crippen LogP contribution >= 0.6 is 0 Å². The highest BCUT2D eigenvalue weighted by molar-refractivity contribution is 5.98. The van der Waals surface area contributed by atoms with Gasteiger partial charge in [-0.15, -0.1) is 0 Å². The summed E-state index contributed by atoms with van der Waals surface area (Å²) in [5.41, 5.74) is 3.49. The fourth-order valence-corrected chi connectivity index (χ4v) is 4.17. The number of hydrogen-bond donors (Lipinski definition) is 3. The van der Waals surface area contributed by atoms with E-state index in [2.05, 4.69) is 20.7 Å². The molecule has 2 amide bonds. The van der Waals surface area contributed by atoms with Crippen LogP contribution in [0.5, 0.6) is 0 Å². The molecule has 4 rings (SSSR count). The normalized spacial score (nSPS) is 16.2. The third kappa shape index (κ3) is 4.25. The van der Waals surface area contributed by atoms with Gasteiger partial charge in [0.25, 0.3) is 11.8 Å². The fourth-order valence-electron chi connectivity index (χ4n) is 4.17. The molecule has 34 heavy (non-hydrogen) atoms. The molecular formula is C25H29N5O4. The maximum Gasteiger partial charge on any atom is 0.335 e. The van der Waals surface area contributed by atoms with Crippen molar-refractivity contribution in [1.82, 2.24) is 25.2 Å². The molecule has 1 aliphatic rings. The molecule has 9 heteroatoms. The van der Waals surface area contributed by atoms with E-state index in [1.807, 2.05) is 27.7 Å². The van der Waals surface area contributed by atoms with Gasteiger partial charge in [0.2, 0.25) is 0 Å². The van der Waals surface area contributed by atoms with Crippen LogP contribution in [0.3, 0.4) is 0 Å². The zero-order chi connectivity index (χ0) is 24.8. The van der Waals surface area contributed by atoms with Gasteiger partial charge >= 0.3 is 5.97 Å². The monoisotopic (exact) mass is 463 g/mol. The highest BCUT2D eigenvalue weighted by atomic mass is 16.4. The van der Waals surface area contributed by atoms with Gasteiger partial charge < -0.3 is 15.7 Å². The molecule has 1 aliphatic carbocycles. The molecule has 178 valence electrons. The van der Waals surface area contributed by atoms with Gasteiger partial charge in [0.1, 0.15) is 11.4 Å². The van der Waals surface area contributed by atoms with Crippen molar-refractivity contribution in [1.29, 1.82) is 0 Å². The second-order valence-corrected chi connectivity index (χ2v) is 9.86. The zero-order valence-electron chi connectivity index (χ0n) is 20.0. The van der Waals surface area contributed by atoms with Crippen molar-refractivity contribution in [2.45, 2.75) is 59.5 Å². The number of nitrogens with one attached hydrogen (secondary N) is 2. The van der Waals surface area contributed by atoms with Gasteiger partial charge in [0.15, 0.2) is 5.65 Å². The Morgan fingerprint density at radius 2 is 1.91 bits per heavy atom. The van der Waals surface area contributed by atoms with Crippen LogP contribution in [0.15, 0.2) is 30.5 Å². The van der Waals surface area contributed by atoms with Crippen LogP contribution in [0.1, 0.15) is 88.2 Å². The lowest BCUT2D eigenvalue weighted by Gasteiger charge is -2.27. The summed E-state index contributed by atoms with van der Waals surface area (Å²) in [6.45, 7) is 9.82. The first-order chi connectivity index (χ1) is 16.0. The summed E-state index contributed by atoms with van der Waals surface area (Å²) in [7, 11) is 0. The molecule has 0 aliphatic heterocycles. The van der Waals surface area contributed by atoms with Gasteiger partial charge in [0, 0.05) is 18.2 Å². The summed E-state index contributed by atoms with van der Waals surface area (Å²) in [4.78, 5) is 42.0. The second-order valence-electron chi connectivity index (χ2n) is 9.86. The van der Waals surface area contributed by atoms with Gasteiger partial charge in [-0.05, 0) is 54.9 Å². The predicted molar refractivity (Wildman–Crippen MR) is 126 cm³/mol. The summed E-state index contributed by atoms with van der Waals surface area (Å²) in [6, 6.07) is 6.08. The Hall–Kier alpha value is -3.75. The number of carbonyl (C=O) groups is 3. The minimum Gasteiger partial charge on any atom is -0.478 e. The minimum absolute atomic E-state index is 0.103. The molecule has 0 fully saturated rings. The molecule has 2 aromatic heterocycles. The molecule has 0 bridgehead atoms. The van der Waals surface area contributed by atoms with Crippen LogP contribution in [-0.2, 0) is 6.42 Å². The number of nitrogens with zero attached hydrogens (tertiary/aromatic N) is 3. The molecule has 1 aromatic carbocycles. The van der Waals surface area contributed by atoms with Crippen molar-refractivity contribution in [2.75, 3.05) is 0 Å². The van der Waals surface area contributed by atoms with E-state index in [4.69, 9.17) is 0 Å². The van der Waals surface area contributed by atoms with E-state index in [0.717, 1.165) is 16.7 Å². The maximum atomic E-state index is 13.3. The Morgan fingerprint density at radius 1 is 1.18 bits per heavy atom. The quantitative estimate of drug-likeness (QED) is 0.533. The minimum atomic E-state index is -0.961. The van der Waals surface area contributed by atoms with Gasteiger partial charge in [-0.25, -0.2) is 14.3 Å². The Kier molecular flexibility index (Phi) is 5.89. The highest BCUT2D eigenvalue weighted by Gasteiger charge is 2.29. The van der Waals surface area contributed by atoms with Crippen molar-refractivity contribution in [3.8, 4) is 0 Å². The molecule has 3 aromatic rings. The zero-order valence-corrected chi connectivity index (χ0v) is 20.0. The third-order valence-corrected chi connectivity index (χ3v) is 6.70. The number of benzene rings is 1. The van der Waals surface area contributed by atoms with Gasteiger partial charge in [-0.2, -0.15) is 5.10 Å². The topological polar surface area (TPSA) is 126 Å². The molecule has 0 saturated carbocycles. The number of carbonyl (C=O) groups excluding carboxylic acids is 2. The van der Waals surface area contributed by atoms with E-state index in [1.165, 1.54) is 16.8 Å². The van der Waals surface area contributed by atoms with Crippen molar-refractivity contribution < 1.29 is 19.5 Å². The lowest BCUT2D eigenvalue weighted by molar-refractivity contribution is 0.0695. The molecule has 3 N–H and O–H groups in total. The molecule has 2 atom stereocenters. The number of hydrogen-bond acceptors (Lipinski definition) is 5. The van der Waals surface area contributed by atoms with Crippen LogP contribution in [-0.4, -0.2) is 43.5 Å².